The average Bonchev–Trinajstić information content (AvgIpc) is 2.85. The lowest BCUT2D eigenvalue weighted by molar-refractivity contribution is 0.0983. The Balaban J connectivity index is 1.78. The summed E-state index contributed by atoms with van der Waals surface area (Å²) in [4.78, 5) is -0.309. The standard InChI is InChI=1S/C24H19Cl2F2NO5S2/c25-15-2-6-17(7-3-15)35(30,31)24-12-1-13-29(36(32,33)18-8-4-16(26)5-9-18)21(24)14-34-23-20(28)11-10-19(27)22(23)24/h2-11,21H,1,12-14H2/t21-,24+/m0/s1. The Morgan fingerprint density at radius 1 is 0.833 bits per heavy atom. The summed E-state index contributed by atoms with van der Waals surface area (Å²) in [5.41, 5.74) is -0.510. The van der Waals surface area contributed by atoms with E-state index >= 15 is 4.39 Å². The molecule has 0 aliphatic carbocycles. The molecular weight excluding hydrogens is 555 g/mol. The molecule has 1 saturated heterocycles. The molecule has 5 rings (SSSR count). The van der Waals surface area contributed by atoms with E-state index in [0.717, 1.165) is 16.4 Å². The normalized spacial score (nSPS) is 22.4. The van der Waals surface area contributed by atoms with Gasteiger partial charge in [-0.05, 0) is 73.5 Å². The second-order valence-corrected chi connectivity index (χ2v) is 13.6. The third kappa shape index (κ3) is 3.73. The third-order valence-corrected chi connectivity index (χ3v) is 11.7. The summed E-state index contributed by atoms with van der Waals surface area (Å²) in [6.07, 6.45) is -0.0719. The van der Waals surface area contributed by atoms with Crippen molar-refractivity contribution >= 4 is 43.1 Å². The Hall–Kier alpha value is -2.24. The van der Waals surface area contributed by atoms with Crippen LogP contribution in [0.4, 0.5) is 8.78 Å². The van der Waals surface area contributed by atoms with Crippen LogP contribution in [0, 0.1) is 11.6 Å². The van der Waals surface area contributed by atoms with Crippen LogP contribution >= 0.6 is 23.2 Å². The number of rotatable bonds is 4. The van der Waals surface area contributed by atoms with E-state index in [1.807, 2.05) is 0 Å². The zero-order valence-electron chi connectivity index (χ0n) is 18.5. The molecule has 6 nitrogen and oxygen atoms in total. The maximum Gasteiger partial charge on any atom is 0.243 e. The van der Waals surface area contributed by atoms with Gasteiger partial charge in [-0.25, -0.2) is 25.6 Å². The molecule has 0 spiro atoms. The Kier molecular flexibility index (Phi) is 6.32. The van der Waals surface area contributed by atoms with E-state index in [4.69, 9.17) is 27.9 Å². The molecular formula is C24H19Cl2F2NO5S2. The molecule has 0 radical (unpaired) electrons. The SMILES string of the molecule is O=S(=O)(c1ccc(Cl)cc1)N1CCC[C@]2(S(=O)(=O)c3ccc(Cl)cc3)c3c(F)ccc(F)c3OC[C@H]12. The fourth-order valence-corrected chi connectivity index (χ4v) is 9.45. The Morgan fingerprint density at radius 2 is 1.39 bits per heavy atom. The van der Waals surface area contributed by atoms with Gasteiger partial charge in [-0.3, -0.25) is 0 Å². The number of ether oxygens (including phenoxy) is 1. The molecule has 0 amide bonds. The van der Waals surface area contributed by atoms with Crippen molar-refractivity contribution in [1.29, 1.82) is 0 Å². The maximum absolute atomic E-state index is 15.5. The molecule has 36 heavy (non-hydrogen) atoms. The molecule has 2 aliphatic heterocycles. The number of halogens is 4. The summed E-state index contributed by atoms with van der Waals surface area (Å²) in [6, 6.07) is 11.0. The van der Waals surface area contributed by atoms with Crippen molar-refractivity contribution < 1.29 is 30.4 Å². The minimum atomic E-state index is -4.51. The first-order valence-electron chi connectivity index (χ1n) is 10.9. The molecule has 12 heteroatoms. The first kappa shape index (κ1) is 25.4. The smallest absolute Gasteiger partial charge is 0.243 e. The topological polar surface area (TPSA) is 80.8 Å². The van der Waals surface area contributed by atoms with E-state index in [0.29, 0.717) is 5.02 Å². The van der Waals surface area contributed by atoms with Crippen LogP contribution in [0.3, 0.4) is 0 Å². The van der Waals surface area contributed by atoms with Crippen molar-refractivity contribution in [2.45, 2.75) is 33.4 Å². The Bertz CT molecular complexity index is 1550. The van der Waals surface area contributed by atoms with Crippen LogP contribution in [0.25, 0.3) is 0 Å². The number of nitrogens with zero attached hydrogens (tertiary/aromatic N) is 1. The van der Waals surface area contributed by atoms with E-state index in [1.54, 1.807) is 0 Å². The van der Waals surface area contributed by atoms with Gasteiger partial charge in [0.05, 0.1) is 21.4 Å². The number of piperidine rings is 1. The highest BCUT2D eigenvalue weighted by Gasteiger charge is 2.62. The van der Waals surface area contributed by atoms with E-state index in [9.17, 15) is 21.2 Å². The van der Waals surface area contributed by atoms with Gasteiger partial charge < -0.3 is 4.74 Å². The van der Waals surface area contributed by atoms with Gasteiger partial charge in [0.25, 0.3) is 0 Å². The lowest BCUT2D eigenvalue weighted by Crippen LogP contribution is -2.64. The van der Waals surface area contributed by atoms with Gasteiger partial charge in [-0.2, -0.15) is 4.31 Å². The van der Waals surface area contributed by atoms with Crippen LogP contribution < -0.4 is 4.74 Å². The molecule has 0 N–H and O–H groups in total. The summed E-state index contributed by atoms with van der Waals surface area (Å²) in [5.74, 6) is -2.47. The molecule has 2 heterocycles. The molecule has 0 saturated carbocycles. The van der Waals surface area contributed by atoms with Gasteiger partial charge in [0, 0.05) is 16.6 Å². The summed E-state index contributed by atoms with van der Waals surface area (Å²) < 4.78 is 90.7. The fraction of sp³-hybridized carbons (Fsp3) is 0.250. The Morgan fingerprint density at radius 3 is 2.00 bits per heavy atom. The summed E-state index contributed by atoms with van der Waals surface area (Å²) in [7, 11) is -8.78. The number of sulfonamides is 1. The monoisotopic (exact) mass is 573 g/mol. The van der Waals surface area contributed by atoms with Crippen molar-refractivity contribution in [2.75, 3.05) is 13.2 Å². The highest BCUT2D eigenvalue weighted by molar-refractivity contribution is 7.92. The molecule has 3 aromatic carbocycles. The molecule has 2 atom stereocenters. The van der Waals surface area contributed by atoms with Gasteiger partial charge in [0.15, 0.2) is 21.4 Å². The lowest BCUT2D eigenvalue weighted by atomic mass is 9.81. The minimum absolute atomic E-state index is 0.0385. The van der Waals surface area contributed by atoms with Crippen LogP contribution in [-0.2, 0) is 24.6 Å². The van der Waals surface area contributed by atoms with E-state index in [2.05, 4.69) is 0 Å². The number of fused-ring (bicyclic) bond motifs is 3. The largest absolute Gasteiger partial charge is 0.488 e. The highest BCUT2D eigenvalue weighted by Crippen LogP contribution is 2.54. The molecule has 2 aliphatic rings. The first-order chi connectivity index (χ1) is 17.0. The zero-order chi connectivity index (χ0) is 25.9. The second kappa shape index (κ2) is 8.95. The predicted molar refractivity (Wildman–Crippen MR) is 131 cm³/mol. The van der Waals surface area contributed by atoms with E-state index < -0.39 is 60.2 Å². The van der Waals surface area contributed by atoms with Crippen LogP contribution in [0.5, 0.6) is 5.75 Å². The molecule has 1 fully saturated rings. The van der Waals surface area contributed by atoms with Crippen molar-refractivity contribution in [1.82, 2.24) is 4.31 Å². The Labute approximate surface area is 217 Å². The number of sulfone groups is 1. The van der Waals surface area contributed by atoms with Gasteiger partial charge in [-0.15, -0.1) is 0 Å². The molecule has 0 aromatic heterocycles. The molecule has 0 unspecified atom stereocenters. The van der Waals surface area contributed by atoms with Crippen LogP contribution in [0.15, 0.2) is 70.5 Å². The fourth-order valence-electron chi connectivity index (χ4n) is 5.09. The van der Waals surface area contributed by atoms with Gasteiger partial charge >= 0.3 is 0 Å². The minimum Gasteiger partial charge on any atom is -0.488 e. The summed E-state index contributed by atoms with van der Waals surface area (Å²) >= 11 is 11.9. The lowest BCUT2D eigenvalue weighted by Gasteiger charge is -2.51. The van der Waals surface area contributed by atoms with E-state index in [-0.39, 0.29) is 34.2 Å². The first-order valence-corrected chi connectivity index (χ1v) is 14.6. The van der Waals surface area contributed by atoms with Crippen LogP contribution in [0.2, 0.25) is 10.0 Å². The third-order valence-electron chi connectivity index (χ3n) is 6.70. The average molecular weight is 574 g/mol. The maximum atomic E-state index is 15.5. The number of hydrogen-bond donors (Lipinski definition) is 0. The van der Waals surface area contributed by atoms with Crippen LogP contribution in [0.1, 0.15) is 18.4 Å². The van der Waals surface area contributed by atoms with Crippen LogP contribution in [-0.4, -0.2) is 40.3 Å². The summed E-state index contributed by atoms with van der Waals surface area (Å²) in [6.45, 7) is -0.532. The van der Waals surface area contributed by atoms with Gasteiger partial charge in [-0.1, -0.05) is 23.2 Å². The van der Waals surface area contributed by atoms with E-state index in [1.165, 1.54) is 48.5 Å². The van der Waals surface area contributed by atoms with Gasteiger partial charge in [0.1, 0.15) is 17.2 Å². The molecule has 0 bridgehead atoms. The van der Waals surface area contributed by atoms with Crippen molar-refractivity contribution in [3.8, 4) is 5.75 Å². The quantitative estimate of drug-likeness (QED) is 0.429. The zero-order valence-corrected chi connectivity index (χ0v) is 21.6. The van der Waals surface area contributed by atoms with Gasteiger partial charge in [0.2, 0.25) is 10.0 Å². The second-order valence-electron chi connectivity index (χ2n) is 8.58. The summed E-state index contributed by atoms with van der Waals surface area (Å²) in [5, 5.41) is 0.600. The number of benzene rings is 3. The van der Waals surface area contributed by atoms with Crippen molar-refractivity contribution in [3.05, 3.63) is 87.9 Å². The van der Waals surface area contributed by atoms with Crippen molar-refractivity contribution in [2.24, 2.45) is 0 Å². The predicted octanol–water partition coefficient (Wildman–Crippen LogP) is 5.19. The van der Waals surface area contributed by atoms with Crippen molar-refractivity contribution in [3.63, 3.8) is 0 Å². The highest BCUT2D eigenvalue weighted by atomic mass is 35.5. The molecule has 190 valence electrons. The molecule has 3 aromatic rings. The number of hydrogen-bond acceptors (Lipinski definition) is 5.